The molecule has 1 N–H and O–H groups in total. The molecule has 0 saturated carbocycles. The second-order valence-corrected chi connectivity index (χ2v) is 7.40. The third-order valence-electron chi connectivity index (χ3n) is 4.58. The summed E-state index contributed by atoms with van der Waals surface area (Å²) in [6, 6.07) is 23.9. The SMILES string of the molecule is O=[N+]([O-])c1ccc(C(O)C(/C=C\Cc2ccc(Br)cc2)c2ccccc2)cc1. The number of hydrogen-bond donors (Lipinski definition) is 1. The molecule has 0 heterocycles. The van der Waals surface area contributed by atoms with Gasteiger partial charge >= 0.3 is 0 Å². The molecule has 3 aromatic rings. The van der Waals surface area contributed by atoms with Crippen molar-refractivity contribution < 1.29 is 10.0 Å². The van der Waals surface area contributed by atoms with Crippen LogP contribution in [0.3, 0.4) is 0 Å². The Morgan fingerprint density at radius 3 is 2.18 bits per heavy atom. The monoisotopic (exact) mass is 437 g/mol. The van der Waals surface area contributed by atoms with Crippen molar-refractivity contribution in [3.05, 3.63) is 122 Å². The van der Waals surface area contributed by atoms with Crippen LogP contribution >= 0.6 is 15.9 Å². The molecule has 28 heavy (non-hydrogen) atoms. The molecule has 5 heteroatoms. The third kappa shape index (κ3) is 5.15. The van der Waals surface area contributed by atoms with Gasteiger partial charge in [-0.3, -0.25) is 10.1 Å². The molecule has 0 spiro atoms. The number of rotatable bonds is 7. The highest BCUT2D eigenvalue weighted by Crippen LogP contribution is 2.33. The largest absolute Gasteiger partial charge is 0.387 e. The molecular weight excluding hydrogens is 418 g/mol. The maximum Gasteiger partial charge on any atom is 0.269 e. The van der Waals surface area contributed by atoms with Gasteiger partial charge < -0.3 is 5.11 Å². The molecule has 3 rings (SSSR count). The number of benzene rings is 3. The molecule has 0 bridgehead atoms. The van der Waals surface area contributed by atoms with Crippen LogP contribution in [0, 0.1) is 10.1 Å². The summed E-state index contributed by atoms with van der Waals surface area (Å²) < 4.78 is 1.04. The van der Waals surface area contributed by atoms with Gasteiger partial charge in [-0.1, -0.05) is 70.5 Å². The maximum absolute atomic E-state index is 11.0. The van der Waals surface area contributed by atoms with Crippen LogP contribution in [0.1, 0.15) is 28.7 Å². The molecule has 0 radical (unpaired) electrons. The number of allylic oxidation sites excluding steroid dienone is 1. The summed E-state index contributed by atoms with van der Waals surface area (Å²) in [6.45, 7) is 0. The van der Waals surface area contributed by atoms with Crippen LogP contribution < -0.4 is 0 Å². The van der Waals surface area contributed by atoms with Crippen molar-refractivity contribution >= 4 is 21.6 Å². The number of aliphatic hydroxyl groups excluding tert-OH is 1. The highest BCUT2D eigenvalue weighted by atomic mass is 79.9. The van der Waals surface area contributed by atoms with Gasteiger partial charge in [0.2, 0.25) is 0 Å². The normalized spacial score (nSPS) is 13.4. The summed E-state index contributed by atoms with van der Waals surface area (Å²) >= 11 is 3.43. The predicted octanol–water partition coefficient (Wildman–Crippen LogP) is 5.97. The molecule has 0 aliphatic rings. The van der Waals surface area contributed by atoms with Crippen LogP contribution in [0.2, 0.25) is 0 Å². The van der Waals surface area contributed by atoms with E-state index in [0.29, 0.717) is 5.56 Å². The molecule has 0 aliphatic carbocycles. The molecule has 0 saturated heterocycles. The van der Waals surface area contributed by atoms with E-state index < -0.39 is 11.0 Å². The van der Waals surface area contributed by atoms with E-state index >= 15 is 0 Å². The molecule has 2 unspecified atom stereocenters. The zero-order chi connectivity index (χ0) is 19.9. The van der Waals surface area contributed by atoms with E-state index in [9.17, 15) is 15.2 Å². The van der Waals surface area contributed by atoms with Crippen LogP contribution in [0.4, 0.5) is 5.69 Å². The first-order valence-electron chi connectivity index (χ1n) is 8.93. The maximum atomic E-state index is 11.0. The zero-order valence-corrected chi connectivity index (χ0v) is 16.7. The molecular formula is C23H20BrNO3. The van der Waals surface area contributed by atoms with Gasteiger partial charge in [0.15, 0.2) is 0 Å². The number of non-ortho nitro benzene ring substituents is 1. The standard InChI is InChI=1S/C23H20BrNO3/c24-20-13-9-17(10-14-20)5-4-8-22(18-6-2-1-3-7-18)23(26)19-11-15-21(16-12-19)25(27)28/h1-4,6-16,22-23,26H,5H2/b8-4-. The summed E-state index contributed by atoms with van der Waals surface area (Å²) in [7, 11) is 0. The average molecular weight is 438 g/mol. The van der Waals surface area contributed by atoms with Crippen LogP contribution in [-0.4, -0.2) is 10.0 Å². The van der Waals surface area contributed by atoms with E-state index in [1.807, 2.05) is 48.5 Å². The van der Waals surface area contributed by atoms with Crippen molar-refractivity contribution in [2.45, 2.75) is 18.4 Å². The van der Waals surface area contributed by atoms with Gasteiger partial charge in [-0.2, -0.15) is 0 Å². The van der Waals surface area contributed by atoms with Gasteiger partial charge in [-0.25, -0.2) is 0 Å². The van der Waals surface area contributed by atoms with Crippen molar-refractivity contribution in [2.24, 2.45) is 0 Å². The van der Waals surface area contributed by atoms with E-state index in [1.54, 1.807) is 12.1 Å². The van der Waals surface area contributed by atoms with Gasteiger partial charge in [-0.05, 0) is 47.4 Å². The van der Waals surface area contributed by atoms with E-state index in [1.165, 1.54) is 17.7 Å². The van der Waals surface area contributed by atoms with E-state index in [4.69, 9.17) is 0 Å². The Bertz CT molecular complexity index is 938. The molecule has 0 amide bonds. The van der Waals surface area contributed by atoms with Crippen molar-refractivity contribution in [1.82, 2.24) is 0 Å². The molecule has 142 valence electrons. The van der Waals surface area contributed by atoms with Crippen LogP contribution in [0.15, 0.2) is 95.5 Å². The first-order valence-corrected chi connectivity index (χ1v) is 9.72. The minimum absolute atomic E-state index is 0.0120. The Balaban J connectivity index is 1.83. The first kappa shape index (κ1) is 20.0. The van der Waals surface area contributed by atoms with Crippen molar-refractivity contribution in [2.75, 3.05) is 0 Å². The second-order valence-electron chi connectivity index (χ2n) is 6.49. The highest BCUT2D eigenvalue weighted by molar-refractivity contribution is 9.10. The Hall–Kier alpha value is -2.76. The number of nitro groups is 1. The Morgan fingerprint density at radius 2 is 1.57 bits per heavy atom. The lowest BCUT2D eigenvalue weighted by atomic mass is 9.88. The summed E-state index contributed by atoms with van der Waals surface area (Å²) in [5.74, 6) is -0.252. The lowest BCUT2D eigenvalue weighted by Crippen LogP contribution is -2.09. The van der Waals surface area contributed by atoms with Gasteiger partial charge in [0, 0.05) is 22.5 Å². The summed E-state index contributed by atoms with van der Waals surface area (Å²) in [5, 5.41) is 21.8. The Labute approximate surface area is 172 Å². The van der Waals surface area contributed by atoms with Gasteiger partial charge in [-0.15, -0.1) is 0 Å². The summed E-state index contributed by atoms with van der Waals surface area (Å²) in [6.07, 6.45) is 4.01. The smallest absolute Gasteiger partial charge is 0.269 e. The van der Waals surface area contributed by atoms with Crippen LogP contribution in [0.5, 0.6) is 0 Å². The predicted molar refractivity (Wildman–Crippen MR) is 114 cm³/mol. The number of nitrogens with zero attached hydrogens (tertiary/aromatic N) is 1. The van der Waals surface area contributed by atoms with Crippen molar-refractivity contribution in [3.8, 4) is 0 Å². The first-order chi connectivity index (χ1) is 13.5. The van der Waals surface area contributed by atoms with E-state index in [0.717, 1.165) is 16.5 Å². The summed E-state index contributed by atoms with van der Waals surface area (Å²) in [5.41, 5.74) is 2.82. The van der Waals surface area contributed by atoms with Crippen molar-refractivity contribution in [3.63, 3.8) is 0 Å². The quantitative estimate of drug-likeness (QED) is 0.281. The zero-order valence-electron chi connectivity index (χ0n) is 15.1. The van der Waals surface area contributed by atoms with E-state index in [-0.39, 0.29) is 11.6 Å². The fourth-order valence-corrected chi connectivity index (χ4v) is 3.31. The fraction of sp³-hybridized carbons (Fsp3) is 0.130. The summed E-state index contributed by atoms with van der Waals surface area (Å²) in [4.78, 5) is 10.4. The lowest BCUT2D eigenvalue weighted by Gasteiger charge is -2.21. The molecule has 4 nitrogen and oxygen atoms in total. The molecule has 0 aromatic heterocycles. The van der Waals surface area contributed by atoms with Gasteiger partial charge in [0.25, 0.3) is 5.69 Å². The van der Waals surface area contributed by atoms with Gasteiger partial charge in [0.05, 0.1) is 11.0 Å². The fourth-order valence-electron chi connectivity index (χ4n) is 3.05. The number of aliphatic hydroxyl groups is 1. The van der Waals surface area contributed by atoms with Crippen LogP contribution in [0.25, 0.3) is 0 Å². The molecule has 3 aromatic carbocycles. The highest BCUT2D eigenvalue weighted by Gasteiger charge is 2.21. The molecule has 2 atom stereocenters. The van der Waals surface area contributed by atoms with Crippen molar-refractivity contribution in [1.29, 1.82) is 0 Å². The topological polar surface area (TPSA) is 63.4 Å². The Morgan fingerprint density at radius 1 is 0.929 bits per heavy atom. The average Bonchev–Trinajstić information content (AvgIpc) is 2.73. The Kier molecular flexibility index (Phi) is 6.74. The number of halogens is 1. The minimum atomic E-state index is -0.802. The second kappa shape index (κ2) is 9.44. The van der Waals surface area contributed by atoms with Gasteiger partial charge in [0.1, 0.15) is 0 Å². The molecule has 0 aliphatic heterocycles. The lowest BCUT2D eigenvalue weighted by molar-refractivity contribution is -0.384. The number of hydrogen-bond acceptors (Lipinski definition) is 3. The van der Waals surface area contributed by atoms with Crippen LogP contribution in [-0.2, 0) is 6.42 Å². The van der Waals surface area contributed by atoms with E-state index in [2.05, 4.69) is 34.1 Å². The number of nitro benzene ring substituents is 1. The molecule has 0 fully saturated rings. The minimum Gasteiger partial charge on any atom is -0.387 e. The third-order valence-corrected chi connectivity index (χ3v) is 5.11.